The van der Waals surface area contributed by atoms with E-state index in [0.29, 0.717) is 0 Å². The lowest BCUT2D eigenvalue weighted by atomic mass is 9.96. The summed E-state index contributed by atoms with van der Waals surface area (Å²) >= 11 is 0. The van der Waals surface area contributed by atoms with Gasteiger partial charge in [0.1, 0.15) is 0 Å². The molecule has 32 heavy (non-hydrogen) atoms. The third kappa shape index (κ3) is 3.18. The molecule has 0 spiro atoms. The van der Waals surface area contributed by atoms with Crippen molar-refractivity contribution in [3.8, 4) is 55.6 Å². The summed E-state index contributed by atoms with van der Waals surface area (Å²) in [5, 5.41) is 0. The predicted molar refractivity (Wildman–Crippen MR) is 136 cm³/mol. The smallest absolute Gasteiger partial charge is 0.00990 e. The second kappa shape index (κ2) is 7.83. The Morgan fingerprint density at radius 2 is 0.625 bits per heavy atom. The molecule has 4 aliphatic carbocycles. The zero-order valence-corrected chi connectivity index (χ0v) is 17.7. The van der Waals surface area contributed by atoms with Crippen LogP contribution in [0.2, 0.25) is 0 Å². The van der Waals surface area contributed by atoms with Gasteiger partial charge in [0.25, 0.3) is 0 Å². The van der Waals surface area contributed by atoms with Crippen molar-refractivity contribution in [1.29, 1.82) is 0 Å². The Kier molecular flexibility index (Phi) is 4.55. The number of benzene rings is 2. The van der Waals surface area contributed by atoms with Crippen LogP contribution in [-0.2, 0) is 0 Å². The molecule has 0 aliphatic heterocycles. The van der Waals surface area contributed by atoms with Crippen LogP contribution in [0.5, 0.6) is 0 Å². The van der Waals surface area contributed by atoms with E-state index in [4.69, 9.17) is 0 Å². The zero-order valence-electron chi connectivity index (χ0n) is 17.7. The van der Waals surface area contributed by atoms with Crippen molar-refractivity contribution in [2.24, 2.45) is 0 Å². The standard InChI is InChI=1S/C32H22/c1-4-11-23(12-5-1)31-21-26(28-20-19-25-15-8-3-9-16-27(25)28)22-32(24-13-6-2-7-14-24)30-18-10-17-29(30)31/h1-22H. The fraction of sp³-hybridized carbons (Fsp3) is 0. The molecule has 6 rings (SSSR count). The van der Waals surface area contributed by atoms with Crippen LogP contribution in [0.1, 0.15) is 0 Å². The molecule has 2 aromatic rings. The molecule has 0 N–H and O–H groups in total. The molecule has 150 valence electrons. The maximum atomic E-state index is 2.37. The lowest BCUT2D eigenvalue weighted by Crippen LogP contribution is -1.81. The molecule has 0 unspecified atom stereocenters. The highest BCUT2D eigenvalue weighted by Crippen LogP contribution is 2.44. The van der Waals surface area contributed by atoms with Crippen molar-refractivity contribution in [2.75, 3.05) is 0 Å². The summed E-state index contributed by atoms with van der Waals surface area (Å²) in [6.45, 7) is 0. The Morgan fingerprint density at radius 3 is 1.16 bits per heavy atom. The van der Waals surface area contributed by atoms with Gasteiger partial charge in [0.2, 0.25) is 0 Å². The Bertz CT molecular complexity index is 1370. The molecular weight excluding hydrogens is 384 g/mol. The minimum absolute atomic E-state index is 1.24. The number of hydrogen-bond donors (Lipinski definition) is 0. The maximum absolute atomic E-state index is 2.37. The first kappa shape index (κ1) is 18.6. The zero-order chi connectivity index (χ0) is 21.3. The molecule has 0 heteroatoms. The van der Waals surface area contributed by atoms with Gasteiger partial charge >= 0.3 is 0 Å². The summed E-state index contributed by atoms with van der Waals surface area (Å²) in [5.41, 5.74) is 12.6. The van der Waals surface area contributed by atoms with E-state index in [0.717, 1.165) is 0 Å². The fourth-order valence-corrected chi connectivity index (χ4v) is 4.73. The SMILES string of the molecule is c1ccc(-c2cc(-c3ccc4cccccc3-4)cc(-c3ccccc3)c3cccc2-3)cc1. The molecule has 0 radical (unpaired) electrons. The van der Waals surface area contributed by atoms with Crippen molar-refractivity contribution in [1.82, 2.24) is 0 Å². The van der Waals surface area contributed by atoms with Crippen LogP contribution in [0.4, 0.5) is 0 Å². The highest BCUT2D eigenvalue weighted by atomic mass is 14.2. The fourth-order valence-electron chi connectivity index (χ4n) is 4.73. The molecule has 0 saturated carbocycles. The van der Waals surface area contributed by atoms with Crippen LogP contribution in [-0.4, -0.2) is 0 Å². The highest BCUT2D eigenvalue weighted by Gasteiger charge is 2.18. The topological polar surface area (TPSA) is 0 Å². The van der Waals surface area contributed by atoms with E-state index >= 15 is 0 Å². The molecule has 0 bridgehead atoms. The molecule has 0 heterocycles. The van der Waals surface area contributed by atoms with E-state index in [1.165, 1.54) is 55.6 Å². The van der Waals surface area contributed by atoms with Crippen molar-refractivity contribution in [2.45, 2.75) is 0 Å². The number of hydrogen-bond acceptors (Lipinski definition) is 0. The average Bonchev–Trinajstić information content (AvgIpc) is 3.37. The van der Waals surface area contributed by atoms with Gasteiger partial charge in [-0.2, -0.15) is 0 Å². The summed E-state index contributed by atoms with van der Waals surface area (Å²) in [4.78, 5) is 0. The number of rotatable bonds is 3. The van der Waals surface area contributed by atoms with Gasteiger partial charge in [0, 0.05) is 0 Å². The van der Waals surface area contributed by atoms with Crippen LogP contribution in [0, 0.1) is 0 Å². The molecule has 0 nitrogen and oxygen atoms in total. The molecule has 0 aromatic heterocycles. The van der Waals surface area contributed by atoms with Gasteiger partial charge in [-0.3, -0.25) is 0 Å². The Hall–Kier alpha value is -4.16. The Balaban J connectivity index is 1.70. The van der Waals surface area contributed by atoms with Gasteiger partial charge in [-0.15, -0.1) is 0 Å². The van der Waals surface area contributed by atoms with E-state index in [1.807, 2.05) is 0 Å². The molecule has 0 amide bonds. The van der Waals surface area contributed by atoms with E-state index in [2.05, 4.69) is 133 Å². The maximum Gasteiger partial charge on any atom is -0.00990 e. The van der Waals surface area contributed by atoms with Crippen molar-refractivity contribution in [3.05, 3.63) is 133 Å². The molecule has 4 aliphatic rings. The first-order chi connectivity index (χ1) is 15.9. The van der Waals surface area contributed by atoms with E-state index in [1.54, 1.807) is 0 Å². The monoisotopic (exact) mass is 406 g/mol. The second-order valence-electron chi connectivity index (χ2n) is 8.18. The van der Waals surface area contributed by atoms with Gasteiger partial charge in [-0.1, -0.05) is 121 Å². The minimum atomic E-state index is 1.24. The van der Waals surface area contributed by atoms with Gasteiger partial charge in [-0.05, 0) is 67.8 Å². The summed E-state index contributed by atoms with van der Waals surface area (Å²) in [6, 6.07) is 48.1. The first-order valence-electron chi connectivity index (χ1n) is 11.0. The summed E-state index contributed by atoms with van der Waals surface area (Å²) in [7, 11) is 0. The summed E-state index contributed by atoms with van der Waals surface area (Å²) in [5.74, 6) is 0. The minimum Gasteiger partial charge on any atom is -0.0622 e. The van der Waals surface area contributed by atoms with Crippen LogP contribution in [0.15, 0.2) is 133 Å². The first-order valence-corrected chi connectivity index (χ1v) is 11.0. The van der Waals surface area contributed by atoms with Crippen LogP contribution in [0.25, 0.3) is 55.6 Å². The Labute approximate surface area is 189 Å². The van der Waals surface area contributed by atoms with E-state index in [9.17, 15) is 0 Å². The molecule has 0 atom stereocenters. The largest absolute Gasteiger partial charge is 0.0622 e. The number of fused-ring (bicyclic) bond motifs is 2. The van der Waals surface area contributed by atoms with Crippen LogP contribution < -0.4 is 0 Å². The summed E-state index contributed by atoms with van der Waals surface area (Å²) in [6.07, 6.45) is 0. The summed E-state index contributed by atoms with van der Waals surface area (Å²) < 4.78 is 0. The molecule has 2 aromatic carbocycles. The van der Waals surface area contributed by atoms with Gasteiger partial charge in [0.15, 0.2) is 0 Å². The molecule has 0 fully saturated rings. The average molecular weight is 407 g/mol. The van der Waals surface area contributed by atoms with Crippen LogP contribution in [0.3, 0.4) is 0 Å². The predicted octanol–water partition coefficient (Wildman–Crippen LogP) is 8.90. The Morgan fingerprint density at radius 1 is 0.219 bits per heavy atom. The van der Waals surface area contributed by atoms with Gasteiger partial charge in [0.05, 0.1) is 0 Å². The lowest BCUT2D eigenvalue weighted by molar-refractivity contribution is 1.65. The van der Waals surface area contributed by atoms with Crippen molar-refractivity contribution >= 4 is 0 Å². The normalized spacial score (nSPS) is 11.1. The van der Waals surface area contributed by atoms with Gasteiger partial charge in [-0.25, -0.2) is 0 Å². The van der Waals surface area contributed by atoms with Crippen molar-refractivity contribution in [3.63, 3.8) is 0 Å². The highest BCUT2D eigenvalue weighted by molar-refractivity contribution is 5.98. The molecule has 0 saturated heterocycles. The lowest BCUT2D eigenvalue weighted by Gasteiger charge is -2.08. The van der Waals surface area contributed by atoms with E-state index in [-0.39, 0.29) is 0 Å². The van der Waals surface area contributed by atoms with E-state index < -0.39 is 0 Å². The quantitative estimate of drug-likeness (QED) is 0.275. The molecular formula is C32H22. The third-order valence-corrected chi connectivity index (χ3v) is 6.27. The second-order valence-corrected chi connectivity index (χ2v) is 8.18. The third-order valence-electron chi connectivity index (χ3n) is 6.27. The van der Waals surface area contributed by atoms with Crippen molar-refractivity contribution < 1.29 is 0 Å². The van der Waals surface area contributed by atoms with Gasteiger partial charge < -0.3 is 0 Å². The van der Waals surface area contributed by atoms with Crippen LogP contribution >= 0.6 is 0 Å².